The summed E-state index contributed by atoms with van der Waals surface area (Å²) < 4.78 is 0. The van der Waals surface area contributed by atoms with Gasteiger partial charge in [-0.25, -0.2) is 0 Å². The van der Waals surface area contributed by atoms with Crippen molar-refractivity contribution in [3.05, 3.63) is 0 Å². The zero-order chi connectivity index (χ0) is 5.49. The Labute approximate surface area is 42.3 Å². The minimum Gasteiger partial charge on any atom is -0.377 e. The Balaban J connectivity index is 2.39. The van der Waals surface area contributed by atoms with Gasteiger partial charge in [-0.15, -0.1) is 0 Å². The Hall–Kier alpha value is -0.120. The Morgan fingerprint density at radius 2 is 2.00 bits per heavy atom. The SMILES string of the molecule is NC(O)C1(N)CC1. The van der Waals surface area contributed by atoms with Gasteiger partial charge < -0.3 is 16.6 Å². The lowest BCUT2D eigenvalue weighted by molar-refractivity contribution is 0.141. The summed E-state index contributed by atoms with van der Waals surface area (Å²) in [5.41, 5.74) is 10.1. The fourth-order valence-corrected chi connectivity index (χ4v) is 0.440. The third kappa shape index (κ3) is 0.748. The van der Waals surface area contributed by atoms with Gasteiger partial charge in [-0.3, -0.25) is 0 Å². The molecule has 0 heterocycles. The molecule has 1 atom stereocenters. The lowest BCUT2D eigenvalue weighted by Gasteiger charge is -2.09. The zero-order valence-electron chi connectivity index (χ0n) is 4.09. The van der Waals surface area contributed by atoms with Crippen LogP contribution in [0.2, 0.25) is 0 Å². The summed E-state index contributed by atoms with van der Waals surface area (Å²) in [5, 5.41) is 8.60. The van der Waals surface area contributed by atoms with Crippen molar-refractivity contribution in [2.45, 2.75) is 24.6 Å². The molecule has 7 heavy (non-hydrogen) atoms. The van der Waals surface area contributed by atoms with Gasteiger partial charge in [-0.1, -0.05) is 0 Å². The summed E-state index contributed by atoms with van der Waals surface area (Å²) in [5.74, 6) is 0. The highest BCUT2D eigenvalue weighted by molar-refractivity contribution is 5.02. The molecule has 1 saturated carbocycles. The Morgan fingerprint density at radius 3 is 2.00 bits per heavy atom. The fraction of sp³-hybridized carbons (Fsp3) is 1.00. The number of aliphatic hydroxyl groups excluding tert-OH is 1. The average molecular weight is 102 g/mol. The summed E-state index contributed by atoms with van der Waals surface area (Å²) in [6.45, 7) is 0. The Bertz CT molecular complexity index is 77.8. The molecule has 0 aliphatic heterocycles. The van der Waals surface area contributed by atoms with Crippen LogP contribution in [0.15, 0.2) is 0 Å². The first-order chi connectivity index (χ1) is 3.15. The van der Waals surface area contributed by atoms with Crippen LogP contribution in [0.3, 0.4) is 0 Å². The van der Waals surface area contributed by atoms with Gasteiger partial charge in [-0.05, 0) is 12.8 Å². The maximum Gasteiger partial charge on any atom is 0.120 e. The quantitative estimate of drug-likeness (QED) is 0.362. The smallest absolute Gasteiger partial charge is 0.120 e. The van der Waals surface area contributed by atoms with E-state index in [1.165, 1.54) is 0 Å². The number of nitrogens with two attached hydrogens (primary N) is 2. The lowest BCUT2D eigenvalue weighted by atomic mass is 10.3. The molecule has 1 fully saturated rings. The molecule has 0 saturated heterocycles. The van der Waals surface area contributed by atoms with Crippen LogP contribution >= 0.6 is 0 Å². The first-order valence-corrected chi connectivity index (χ1v) is 2.38. The molecule has 1 aliphatic carbocycles. The summed E-state index contributed by atoms with van der Waals surface area (Å²) in [7, 11) is 0. The van der Waals surface area contributed by atoms with Crippen LogP contribution in [-0.4, -0.2) is 16.9 Å². The standard InChI is InChI=1S/C4H10N2O/c5-3(7)4(6)1-2-4/h3,7H,1-2,5-6H2. The largest absolute Gasteiger partial charge is 0.377 e. The minimum absolute atomic E-state index is 0.417. The number of rotatable bonds is 1. The van der Waals surface area contributed by atoms with Crippen LogP contribution in [0.5, 0.6) is 0 Å². The molecule has 0 radical (unpaired) electrons. The molecule has 0 bridgehead atoms. The van der Waals surface area contributed by atoms with Crippen molar-refractivity contribution in [3.8, 4) is 0 Å². The van der Waals surface area contributed by atoms with Crippen molar-refractivity contribution < 1.29 is 5.11 Å². The second-order valence-electron chi connectivity index (χ2n) is 2.18. The average Bonchev–Trinajstić information content (AvgIpc) is 2.21. The number of hydrogen-bond donors (Lipinski definition) is 3. The van der Waals surface area contributed by atoms with Crippen LogP contribution in [0, 0.1) is 0 Å². The predicted octanol–water partition coefficient (Wildman–Crippen LogP) is -1.25. The summed E-state index contributed by atoms with van der Waals surface area (Å²) >= 11 is 0. The van der Waals surface area contributed by atoms with E-state index in [9.17, 15) is 0 Å². The molecule has 1 rings (SSSR count). The summed E-state index contributed by atoms with van der Waals surface area (Å²) in [6.07, 6.45) is 0.919. The summed E-state index contributed by atoms with van der Waals surface area (Å²) in [6, 6.07) is 0. The third-order valence-corrected chi connectivity index (χ3v) is 1.42. The van der Waals surface area contributed by atoms with Crippen LogP contribution in [0.1, 0.15) is 12.8 Å². The maximum atomic E-state index is 8.60. The van der Waals surface area contributed by atoms with E-state index in [1.54, 1.807) is 0 Å². The second-order valence-corrected chi connectivity index (χ2v) is 2.18. The first kappa shape index (κ1) is 5.03. The maximum absolute atomic E-state index is 8.60. The topological polar surface area (TPSA) is 72.3 Å². The third-order valence-electron chi connectivity index (χ3n) is 1.42. The first-order valence-electron chi connectivity index (χ1n) is 2.38. The van der Waals surface area contributed by atoms with Gasteiger partial charge in [0.1, 0.15) is 6.23 Å². The van der Waals surface area contributed by atoms with E-state index >= 15 is 0 Å². The normalized spacial score (nSPS) is 29.6. The van der Waals surface area contributed by atoms with Crippen molar-refractivity contribution in [1.29, 1.82) is 0 Å². The highest BCUT2D eigenvalue weighted by Gasteiger charge is 2.43. The molecule has 0 aromatic carbocycles. The van der Waals surface area contributed by atoms with Crippen molar-refractivity contribution in [3.63, 3.8) is 0 Å². The zero-order valence-corrected chi connectivity index (χ0v) is 4.09. The molecule has 5 N–H and O–H groups in total. The number of aliphatic hydroxyl groups is 1. The minimum atomic E-state index is -0.813. The monoisotopic (exact) mass is 102 g/mol. The molecule has 42 valence electrons. The summed E-state index contributed by atoms with van der Waals surface area (Å²) in [4.78, 5) is 0. The van der Waals surface area contributed by atoms with Crippen molar-refractivity contribution in [2.24, 2.45) is 11.5 Å². The molecule has 0 aromatic heterocycles. The number of hydrogen-bond acceptors (Lipinski definition) is 3. The Kier molecular flexibility index (Phi) is 0.849. The van der Waals surface area contributed by atoms with E-state index < -0.39 is 11.8 Å². The van der Waals surface area contributed by atoms with Crippen LogP contribution in [0.4, 0.5) is 0 Å². The van der Waals surface area contributed by atoms with Crippen LogP contribution in [-0.2, 0) is 0 Å². The highest BCUT2D eigenvalue weighted by atomic mass is 16.3. The Morgan fingerprint density at radius 1 is 1.57 bits per heavy atom. The van der Waals surface area contributed by atoms with Crippen molar-refractivity contribution in [1.82, 2.24) is 0 Å². The second kappa shape index (κ2) is 1.18. The van der Waals surface area contributed by atoms with Gasteiger partial charge in [0.05, 0.1) is 5.54 Å². The molecule has 1 unspecified atom stereocenters. The predicted molar refractivity (Wildman–Crippen MR) is 26.3 cm³/mol. The molecular weight excluding hydrogens is 92.1 g/mol. The van der Waals surface area contributed by atoms with Gasteiger partial charge in [0.15, 0.2) is 0 Å². The van der Waals surface area contributed by atoms with Gasteiger partial charge in [0.2, 0.25) is 0 Å². The molecular formula is C4H10N2O. The van der Waals surface area contributed by atoms with E-state index in [0.29, 0.717) is 0 Å². The van der Waals surface area contributed by atoms with Crippen LogP contribution in [0.25, 0.3) is 0 Å². The molecule has 0 spiro atoms. The molecule has 0 aromatic rings. The van der Waals surface area contributed by atoms with Crippen LogP contribution < -0.4 is 11.5 Å². The highest BCUT2D eigenvalue weighted by Crippen LogP contribution is 2.33. The van der Waals surface area contributed by atoms with Gasteiger partial charge in [-0.2, -0.15) is 0 Å². The van der Waals surface area contributed by atoms with Crippen molar-refractivity contribution in [2.75, 3.05) is 0 Å². The van der Waals surface area contributed by atoms with Gasteiger partial charge in [0.25, 0.3) is 0 Å². The van der Waals surface area contributed by atoms with E-state index in [2.05, 4.69) is 0 Å². The molecule has 0 amide bonds. The van der Waals surface area contributed by atoms with E-state index in [1.807, 2.05) is 0 Å². The molecule has 3 nitrogen and oxygen atoms in total. The molecule has 3 heteroatoms. The fourth-order valence-electron chi connectivity index (χ4n) is 0.440. The lowest BCUT2D eigenvalue weighted by Crippen LogP contribution is -2.43. The van der Waals surface area contributed by atoms with Gasteiger partial charge >= 0.3 is 0 Å². The van der Waals surface area contributed by atoms with E-state index in [4.69, 9.17) is 16.6 Å². The molecule has 1 aliphatic rings. The van der Waals surface area contributed by atoms with Gasteiger partial charge in [0, 0.05) is 0 Å². The van der Waals surface area contributed by atoms with E-state index in [0.717, 1.165) is 12.8 Å². The van der Waals surface area contributed by atoms with E-state index in [-0.39, 0.29) is 0 Å². The van der Waals surface area contributed by atoms with Crippen molar-refractivity contribution >= 4 is 0 Å².